The fraction of sp³-hybridized carbons (Fsp3) is 0.692. The SMILES string of the molecule is COCCn1nccc1C(=O)CCC(C)CCN. The minimum atomic E-state index is 0.146. The first kappa shape index (κ1) is 14.9. The molecule has 1 rings (SSSR count). The number of hydrogen-bond donors (Lipinski definition) is 1. The summed E-state index contributed by atoms with van der Waals surface area (Å²) >= 11 is 0. The van der Waals surface area contributed by atoms with Gasteiger partial charge in [-0.2, -0.15) is 5.10 Å². The van der Waals surface area contributed by atoms with Crippen LogP contribution in [0, 0.1) is 5.92 Å². The van der Waals surface area contributed by atoms with E-state index in [0.29, 0.717) is 37.7 Å². The molecule has 0 saturated carbocycles. The molecule has 18 heavy (non-hydrogen) atoms. The Morgan fingerprint density at radius 1 is 1.56 bits per heavy atom. The predicted molar refractivity (Wildman–Crippen MR) is 70.5 cm³/mol. The van der Waals surface area contributed by atoms with E-state index in [1.165, 1.54) is 0 Å². The van der Waals surface area contributed by atoms with E-state index in [1.807, 2.05) is 0 Å². The van der Waals surface area contributed by atoms with Crippen LogP contribution in [0.3, 0.4) is 0 Å². The average Bonchev–Trinajstić information content (AvgIpc) is 2.82. The Bertz CT molecular complexity index is 363. The minimum absolute atomic E-state index is 0.146. The quantitative estimate of drug-likeness (QED) is 0.677. The van der Waals surface area contributed by atoms with Gasteiger partial charge in [0, 0.05) is 19.7 Å². The lowest BCUT2D eigenvalue weighted by Gasteiger charge is -2.10. The fourth-order valence-corrected chi connectivity index (χ4v) is 1.86. The van der Waals surface area contributed by atoms with E-state index in [1.54, 1.807) is 24.1 Å². The molecule has 0 aliphatic heterocycles. The van der Waals surface area contributed by atoms with Gasteiger partial charge >= 0.3 is 0 Å². The van der Waals surface area contributed by atoms with Gasteiger partial charge in [-0.15, -0.1) is 0 Å². The molecule has 5 heteroatoms. The van der Waals surface area contributed by atoms with Gasteiger partial charge in [-0.1, -0.05) is 6.92 Å². The van der Waals surface area contributed by atoms with Gasteiger partial charge in [0.2, 0.25) is 0 Å². The summed E-state index contributed by atoms with van der Waals surface area (Å²) in [6.07, 6.45) is 4.06. The molecule has 1 aromatic rings. The van der Waals surface area contributed by atoms with Crippen molar-refractivity contribution < 1.29 is 9.53 Å². The van der Waals surface area contributed by atoms with Crippen molar-refractivity contribution in [3.05, 3.63) is 18.0 Å². The molecule has 0 aliphatic carbocycles. The highest BCUT2D eigenvalue weighted by atomic mass is 16.5. The smallest absolute Gasteiger partial charge is 0.180 e. The van der Waals surface area contributed by atoms with Crippen molar-refractivity contribution in [2.75, 3.05) is 20.3 Å². The topological polar surface area (TPSA) is 70.1 Å². The van der Waals surface area contributed by atoms with Crippen LogP contribution < -0.4 is 5.73 Å². The molecule has 0 radical (unpaired) electrons. The van der Waals surface area contributed by atoms with Crippen LogP contribution >= 0.6 is 0 Å². The standard InChI is InChI=1S/C13H23N3O2/c1-11(5-7-14)3-4-13(17)12-6-8-15-16(12)9-10-18-2/h6,8,11H,3-5,7,9-10,14H2,1-2H3. The molecule has 0 saturated heterocycles. The summed E-state index contributed by atoms with van der Waals surface area (Å²) in [5.74, 6) is 0.641. The molecule has 1 aromatic heterocycles. The number of carbonyl (C=O) groups excluding carboxylic acids is 1. The highest BCUT2D eigenvalue weighted by molar-refractivity contribution is 5.94. The Hall–Kier alpha value is -1.20. The summed E-state index contributed by atoms with van der Waals surface area (Å²) in [5, 5.41) is 4.13. The van der Waals surface area contributed by atoms with Gasteiger partial charge in [0.05, 0.1) is 13.2 Å². The Morgan fingerprint density at radius 2 is 2.33 bits per heavy atom. The first-order chi connectivity index (χ1) is 8.69. The third kappa shape index (κ3) is 4.58. The largest absolute Gasteiger partial charge is 0.383 e. The van der Waals surface area contributed by atoms with Crippen LogP contribution in [0.1, 0.15) is 36.7 Å². The van der Waals surface area contributed by atoms with Gasteiger partial charge < -0.3 is 10.5 Å². The molecule has 1 unspecified atom stereocenters. The highest BCUT2D eigenvalue weighted by Gasteiger charge is 2.13. The number of nitrogens with two attached hydrogens (primary N) is 1. The molecular formula is C13H23N3O2. The molecule has 0 spiro atoms. The first-order valence-electron chi connectivity index (χ1n) is 6.43. The molecule has 0 aromatic carbocycles. The third-order valence-electron chi connectivity index (χ3n) is 3.03. The van der Waals surface area contributed by atoms with Gasteiger partial charge in [-0.05, 0) is 31.4 Å². The molecule has 0 amide bonds. The van der Waals surface area contributed by atoms with E-state index in [4.69, 9.17) is 10.5 Å². The number of hydrogen-bond acceptors (Lipinski definition) is 4. The molecule has 1 heterocycles. The maximum absolute atomic E-state index is 12.1. The Labute approximate surface area is 108 Å². The van der Waals surface area contributed by atoms with Crippen LogP contribution in [0.5, 0.6) is 0 Å². The number of carbonyl (C=O) groups is 1. The highest BCUT2D eigenvalue weighted by Crippen LogP contribution is 2.13. The normalized spacial score (nSPS) is 12.6. The van der Waals surface area contributed by atoms with E-state index < -0.39 is 0 Å². The van der Waals surface area contributed by atoms with Crippen molar-refractivity contribution in [3.63, 3.8) is 0 Å². The van der Waals surface area contributed by atoms with Gasteiger partial charge in [-0.25, -0.2) is 0 Å². The van der Waals surface area contributed by atoms with Crippen molar-refractivity contribution in [2.24, 2.45) is 11.7 Å². The van der Waals surface area contributed by atoms with Crippen LogP contribution in [-0.2, 0) is 11.3 Å². The Balaban J connectivity index is 2.48. The van der Waals surface area contributed by atoms with Crippen LogP contribution in [0.15, 0.2) is 12.3 Å². The summed E-state index contributed by atoms with van der Waals surface area (Å²) in [5.41, 5.74) is 6.17. The molecule has 0 fully saturated rings. The van der Waals surface area contributed by atoms with Gasteiger partial charge in [0.1, 0.15) is 5.69 Å². The van der Waals surface area contributed by atoms with Crippen molar-refractivity contribution in [1.82, 2.24) is 9.78 Å². The second-order valence-corrected chi connectivity index (χ2v) is 4.58. The summed E-state index contributed by atoms with van der Waals surface area (Å²) in [7, 11) is 1.64. The van der Waals surface area contributed by atoms with Crippen LogP contribution in [-0.4, -0.2) is 35.8 Å². The number of Topliss-reactive ketones (excluding diaryl/α,β-unsaturated/α-hetero) is 1. The minimum Gasteiger partial charge on any atom is -0.383 e. The molecule has 5 nitrogen and oxygen atoms in total. The van der Waals surface area contributed by atoms with Gasteiger partial charge in [-0.3, -0.25) is 9.48 Å². The van der Waals surface area contributed by atoms with Crippen LogP contribution in [0.25, 0.3) is 0 Å². The average molecular weight is 253 g/mol. The molecule has 0 aliphatic rings. The maximum atomic E-state index is 12.1. The van der Waals surface area contributed by atoms with Crippen molar-refractivity contribution in [1.29, 1.82) is 0 Å². The van der Waals surface area contributed by atoms with Crippen LogP contribution in [0.2, 0.25) is 0 Å². The number of methoxy groups -OCH3 is 1. The van der Waals surface area contributed by atoms with E-state index in [-0.39, 0.29) is 5.78 Å². The van der Waals surface area contributed by atoms with Gasteiger partial charge in [0.15, 0.2) is 5.78 Å². The zero-order chi connectivity index (χ0) is 13.4. The lowest BCUT2D eigenvalue weighted by molar-refractivity contribution is 0.0960. The molecular weight excluding hydrogens is 230 g/mol. The van der Waals surface area contributed by atoms with Crippen LogP contribution in [0.4, 0.5) is 0 Å². The van der Waals surface area contributed by atoms with E-state index in [9.17, 15) is 4.79 Å². The fourth-order valence-electron chi connectivity index (χ4n) is 1.86. The third-order valence-corrected chi connectivity index (χ3v) is 3.03. The first-order valence-corrected chi connectivity index (χ1v) is 6.43. The van der Waals surface area contributed by atoms with Crippen molar-refractivity contribution in [3.8, 4) is 0 Å². The van der Waals surface area contributed by atoms with E-state index >= 15 is 0 Å². The zero-order valence-corrected chi connectivity index (χ0v) is 11.3. The predicted octanol–water partition coefficient (Wildman–Crippen LogP) is 1.48. The number of nitrogens with zero attached hydrogens (tertiary/aromatic N) is 2. The molecule has 0 bridgehead atoms. The van der Waals surface area contributed by atoms with Crippen molar-refractivity contribution >= 4 is 5.78 Å². The summed E-state index contributed by atoms with van der Waals surface area (Å²) < 4.78 is 6.70. The maximum Gasteiger partial charge on any atom is 0.180 e. The summed E-state index contributed by atoms with van der Waals surface area (Å²) in [6.45, 7) is 3.98. The summed E-state index contributed by atoms with van der Waals surface area (Å²) in [4.78, 5) is 12.1. The zero-order valence-electron chi connectivity index (χ0n) is 11.3. The monoisotopic (exact) mass is 253 g/mol. The lowest BCUT2D eigenvalue weighted by atomic mass is 9.99. The Kier molecular flexibility index (Phi) is 6.60. The summed E-state index contributed by atoms with van der Waals surface area (Å²) in [6, 6.07) is 1.77. The number of rotatable bonds is 9. The number of ether oxygens (including phenoxy) is 1. The molecule has 1 atom stereocenters. The Morgan fingerprint density at radius 3 is 3.00 bits per heavy atom. The van der Waals surface area contributed by atoms with E-state index in [2.05, 4.69) is 12.0 Å². The molecule has 2 N–H and O–H groups in total. The second kappa shape index (κ2) is 8.00. The van der Waals surface area contributed by atoms with Gasteiger partial charge in [0.25, 0.3) is 0 Å². The van der Waals surface area contributed by atoms with Crippen molar-refractivity contribution in [2.45, 2.75) is 32.7 Å². The number of ketones is 1. The lowest BCUT2D eigenvalue weighted by Crippen LogP contribution is -2.14. The van der Waals surface area contributed by atoms with E-state index in [0.717, 1.165) is 12.8 Å². The second-order valence-electron chi connectivity index (χ2n) is 4.58. The molecule has 102 valence electrons. The number of aromatic nitrogens is 2.